The van der Waals surface area contributed by atoms with Crippen LogP contribution in [-0.2, 0) is 24.9 Å². The van der Waals surface area contributed by atoms with Crippen LogP contribution in [0.3, 0.4) is 0 Å². The highest BCUT2D eigenvalue weighted by Crippen LogP contribution is 2.57. The number of hydrogen-bond donors (Lipinski definition) is 2. The number of benzene rings is 1. The molecule has 0 aliphatic heterocycles. The zero-order valence-corrected chi connectivity index (χ0v) is 35.0. The van der Waals surface area contributed by atoms with Gasteiger partial charge < -0.3 is 28.5 Å². The normalized spacial score (nSPS) is 28.1. The van der Waals surface area contributed by atoms with E-state index in [0.29, 0.717) is 32.7 Å². The van der Waals surface area contributed by atoms with Crippen LogP contribution in [0.5, 0.6) is 0 Å². The molecule has 48 heavy (non-hydrogen) atoms. The maximum atomic E-state index is 12.9. The first kappa shape index (κ1) is 41.3. The van der Waals surface area contributed by atoms with E-state index >= 15 is 0 Å². The number of aliphatic hydroxyl groups excluding tert-OH is 1. The zero-order chi connectivity index (χ0) is 36.6. The first-order valence-electron chi connectivity index (χ1n) is 18.1. The average molecular weight is 703 g/mol. The van der Waals surface area contributed by atoms with Crippen molar-refractivity contribution in [2.24, 2.45) is 16.7 Å². The van der Waals surface area contributed by atoms with E-state index in [4.69, 9.17) is 18.3 Å². The Hall–Kier alpha value is -1.11. The van der Waals surface area contributed by atoms with Crippen molar-refractivity contribution >= 4 is 16.6 Å². The molecule has 0 radical (unpaired) electrons. The number of allylic oxidation sites excluding steroid dienone is 1. The Bertz CT molecular complexity index is 1270. The average Bonchev–Trinajstić information content (AvgIpc) is 2.95. The summed E-state index contributed by atoms with van der Waals surface area (Å²) in [4.78, 5) is 0. The first-order valence-corrected chi connectivity index (χ1v) is 23.9. The van der Waals surface area contributed by atoms with Gasteiger partial charge in [0.15, 0.2) is 16.6 Å². The fourth-order valence-electron chi connectivity index (χ4n) is 7.22. The van der Waals surface area contributed by atoms with Crippen LogP contribution in [0, 0.1) is 16.7 Å². The van der Waals surface area contributed by atoms with Crippen molar-refractivity contribution in [3.05, 3.63) is 59.2 Å². The second-order valence-electron chi connectivity index (χ2n) is 18.6. The third-order valence-electron chi connectivity index (χ3n) is 13.0. The summed E-state index contributed by atoms with van der Waals surface area (Å²) in [6, 6.07) is 10.1. The van der Waals surface area contributed by atoms with E-state index in [9.17, 15) is 10.2 Å². The number of hydrogen-bond acceptors (Lipinski definition) is 6. The molecule has 5 atom stereocenters. The first-order chi connectivity index (χ1) is 21.8. The summed E-state index contributed by atoms with van der Waals surface area (Å²) in [5.41, 5.74) is 1.59. The van der Waals surface area contributed by atoms with E-state index in [-0.39, 0.29) is 23.0 Å². The molecule has 0 amide bonds. The number of aliphatic hydroxyl groups is 2. The highest BCUT2D eigenvalue weighted by Gasteiger charge is 2.61. The minimum absolute atomic E-state index is 0.0149. The molecule has 0 aromatic heterocycles. The zero-order valence-electron chi connectivity index (χ0n) is 33.0. The van der Waals surface area contributed by atoms with Crippen molar-refractivity contribution in [3.8, 4) is 0 Å². The SMILES string of the molecule is C=C1CC[C@H](O[Si](C)(C)C(C)(C)C)[C@@](C)(COCOCc2ccccc2)[C@@H]1[C@H](O)[C@]1(O)CCC(C)=C(CO[Si](C)(C)C(C)(C)C)C1(C)C. The Morgan fingerprint density at radius 2 is 1.48 bits per heavy atom. The van der Waals surface area contributed by atoms with Gasteiger partial charge in [-0.3, -0.25) is 0 Å². The molecule has 2 aliphatic rings. The molecule has 8 heteroatoms. The Morgan fingerprint density at radius 3 is 2.04 bits per heavy atom. The van der Waals surface area contributed by atoms with E-state index in [0.717, 1.165) is 29.6 Å². The number of ether oxygens (including phenoxy) is 2. The van der Waals surface area contributed by atoms with Crippen molar-refractivity contribution < 1.29 is 28.5 Å². The van der Waals surface area contributed by atoms with E-state index in [1.165, 1.54) is 5.57 Å². The highest BCUT2D eigenvalue weighted by atomic mass is 28.4. The van der Waals surface area contributed by atoms with Gasteiger partial charge in [0.1, 0.15) is 12.4 Å². The smallest absolute Gasteiger partial charge is 0.192 e. The maximum Gasteiger partial charge on any atom is 0.192 e. The third kappa shape index (κ3) is 8.50. The molecule has 0 bridgehead atoms. The Kier molecular flexibility index (Phi) is 12.8. The molecule has 0 saturated heterocycles. The lowest BCUT2D eigenvalue weighted by Crippen LogP contribution is -2.65. The maximum absolute atomic E-state index is 12.9. The van der Waals surface area contributed by atoms with Crippen molar-refractivity contribution in [2.75, 3.05) is 20.0 Å². The van der Waals surface area contributed by atoms with Crippen LogP contribution in [0.1, 0.15) is 100 Å². The Balaban J connectivity index is 1.97. The van der Waals surface area contributed by atoms with Crippen molar-refractivity contribution in [1.82, 2.24) is 0 Å². The van der Waals surface area contributed by atoms with Crippen LogP contribution >= 0.6 is 0 Å². The van der Waals surface area contributed by atoms with E-state index in [2.05, 4.69) is 102 Å². The molecule has 6 nitrogen and oxygen atoms in total. The lowest BCUT2D eigenvalue weighted by molar-refractivity contribution is -0.200. The molecule has 0 spiro atoms. The fraction of sp³-hybridized carbons (Fsp3) is 0.750. The van der Waals surface area contributed by atoms with Gasteiger partial charge in [-0.2, -0.15) is 0 Å². The number of rotatable bonds is 13. The molecule has 0 heterocycles. The Morgan fingerprint density at radius 1 is 0.896 bits per heavy atom. The molecule has 1 aromatic carbocycles. The largest absolute Gasteiger partial charge is 0.413 e. The molecular weight excluding hydrogens is 633 g/mol. The van der Waals surface area contributed by atoms with Crippen LogP contribution in [0.4, 0.5) is 0 Å². The molecular formula is C40H70O6Si2. The van der Waals surface area contributed by atoms with Crippen LogP contribution in [0.2, 0.25) is 36.3 Å². The standard InChI is InChI=1S/C40H70O6Si2/c1-29-23-24-40(42,38(9,10)32(29)26-45-47(12,13)36(3,4)5)35(41)34-30(2)21-22-33(46-48(14,15)37(6,7)8)39(34,11)27-44-28-43-25-31-19-17-16-18-20-31/h16-20,33-35,41-42H,2,21-28H2,1,3-15H3/t33-,34-,35-,39+,40+/m0/s1. The molecule has 1 fully saturated rings. The van der Waals surface area contributed by atoms with Crippen molar-refractivity contribution in [1.29, 1.82) is 0 Å². The van der Waals surface area contributed by atoms with Gasteiger partial charge in [0.05, 0.1) is 32.0 Å². The molecule has 1 saturated carbocycles. The monoisotopic (exact) mass is 702 g/mol. The van der Waals surface area contributed by atoms with Crippen LogP contribution in [0.25, 0.3) is 0 Å². The highest BCUT2D eigenvalue weighted by molar-refractivity contribution is 6.74. The van der Waals surface area contributed by atoms with Gasteiger partial charge in [-0.15, -0.1) is 0 Å². The molecule has 0 unspecified atom stereocenters. The second kappa shape index (κ2) is 14.9. The summed E-state index contributed by atoms with van der Waals surface area (Å²) in [6.07, 6.45) is 1.44. The van der Waals surface area contributed by atoms with Crippen LogP contribution in [-0.4, -0.2) is 64.7 Å². The quantitative estimate of drug-likeness (QED) is 0.0923. The topological polar surface area (TPSA) is 77.4 Å². The van der Waals surface area contributed by atoms with Gasteiger partial charge in [0.2, 0.25) is 0 Å². The van der Waals surface area contributed by atoms with Gasteiger partial charge in [-0.05, 0) is 80.0 Å². The van der Waals surface area contributed by atoms with Crippen molar-refractivity contribution in [3.63, 3.8) is 0 Å². The van der Waals surface area contributed by atoms with Gasteiger partial charge in [-0.1, -0.05) is 110 Å². The molecule has 2 aliphatic carbocycles. The van der Waals surface area contributed by atoms with Gasteiger partial charge in [0.25, 0.3) is 0 Å². The second-order valence-corrected chi connectivity index (χ2v) is 28.2. The molecule has 2 N–H and O–H groups in total. The summed E-state index contributed by atoms with van der Waals surface area (Å²) in [6.45, 7) is 37.0. The summed E-state index contributed by atoms with van der Waals surface area (Å²) < 4.78 is 26.2. The third-order valence-corrected chi connectivity index (χ3v) is 21.9. The molecule has 1 aromatic rings. The van der Waals surface area contributed by atoms with E-state index in [1.54, 1.807) is 0 Å². The molecule has 3 rings (SSSR count). The van der Waals surface area contributed by atoms with Gasteiger partial charge in [-0.25, -0.2) is 0 Å². The lowest BCUT2D eigenvalue weighted by Gasteiger charge is -2.58. The van der Waals surface area contributed by atoms with Gasteiger partial charge in [0, 0.05) is 16.7 Å². The van der Waals surface area contributed by atoms with Crippen LogP contribution in [0.15, 0.2) is 53.6 Å². The fourth-order valence-corrected chi connectivity index (χ4v) is 9.61. The summed E-state index contributed by atoms with van der Waals surface area (Å²) >= 11 is 0. The van der Waals surface area contributed by atoms with E-state index < -0.39 is 45.1 Å². The van der Waals surface area contributed by atoms with Crippen LogP contribution < -0.4 is 0 Å². The van der Waals surface area contributed by atoms with Crippen molar-refractivity contribution in [2.45, 2.75) is 156 Å². The molecule has 274 valence electrons. The summed E-state index contributed by atoms with van der Waals surface area (Å²) in [5, 5.41) is 25.6. The minimum Gasteiger partial charge on any atom is -0.413 e. The van der Waals surface area contributed by atoms with Gasteiger partial charge >= 0.3 is 0 Å². The predicted molar refractivity (Wildman–Crippen MR) is 204 cm³/mol. The predicted octanol–water partition coefficient (Wildman–Crippen LogP) is 9.79. The minimum atomic E-state index is -2.20. The Labute approximate surface area is 295 Å². The summed E-state index contributed by atoms with van der Waals surface area (Å²) in [5.74, 6) is -0.444. The lowest BCUT2D eigenvalue weighted by atomic mass is 9.53. The summed E-state index contributed by atoms with van der Waals surface area (Å²) in [7, 11) is -4.24. The van der Waals surface area contributed by atoms with E-state index in [1.807, 2.05) is 30.3 Å².